The summed E-state index contributed by atoms with van der Waals surface area (Å²) in [6.45, 7) is 10.4. The Morgan fingerprint density at radius 2 is 1.78 bits per heavy atom. The Bertz CT molecular complexity index is 236. The van der Waals surface area contributed by atoms with Crippen LogP contribution in [0.4, 0.5) is 0 Å². The molecule has 3 unspecified atom stereocenters. The second kappa shape index (κ2) is 8.52. The van der Waals surface area contributed by atoms with E-state index in [9.17, 15) is 9.90 Å². The normalized spacial score (nSPS) is 27.9. The number of aliphatic hydroxyl groups excluding tert-OH is 1. The summed E-state index contributed by atoms with van der Waals surface area (Å²) in [6, 6.07) is 0. The number of hydrogen-bond acceptors (Lipinski definition) is 2. The van der Waals surface area contributed by atoms with Gasteiger partial charge in [0.05, 0.1) is 6.10 Å². The zero-order valence-corrected chi connectivity index (χ0v) is 12.5. The standard InChI is InChI=1S/C10H20O.C5H10O2/c1-7(2)9-5-4-8(3)6-10(9)11;1-4(2)3-5(6)7/h7-11H,4-6H2,1-3H3;4H,3H2,1-2H3,(H,6,7). The highest BCUT2D eigenvalue weighted by atomic mass is 16.4. The van der Waals surface area contributed by atoms with Gasteiger partial charge in [0.15, 0.2) is 0 Å². The summed E-state index contributed by atoms with van der Waals surface area (Å²) in [6.07, 6.45) is 3.79. The van der Waals surface area contributed by atoms with Crippen LogP contribution in [-0.2, 0) is 4.79 Å². The van der Waals surface area contributed by atoms with Crippen LogP contribution in [0.2, 0.25) is 0 Å². The summed E-state index contributed by atoms with van der Waals surface area (Å²) in [5, 5.41) is 17.8. The van der Waals surface area contributed by atoms with Gasteiger partial charge >= 0.3 is 5.97 Å². The van der Waals surface area contributed by atoms with Crippen LogP contribution in [0.15, 0.2) is 0 Å². The molecule has 0 aromatic carbocycles. The summed E-state index contributed by atoms with van der Waals surface area (Å²) in [5.74, 6) is 1.51. The minimum atomic E-state index is -0.713. The second-order valence-electron chi connectivity index (χ2n) is 6.39. The molecule has 108 valence electrons. The molecular weight excluding hydrogens is 228 g/mol. The molecule has 18 heavy (non-hydrogen) atoms. The van der Waals surface area contributed by atoms with Crippen molar-refractivity contribution < 1.29 is 15.0 Å². The third-order valence-electron chi connectivity index (χ3n) is 3.57. The second-order valence-corrected chi connectivity index (χ2v) is 6.39. The van der Waals surface area contributed by atoms with Crippen LogP contribution in [0.1, 0.15) is 60.3 Å². The Morgan fingerprint density at radius 1 is 1.22 bits per heavy atom. The Kier molecular flexibility index (Phi) is 8.25. The van der Waals surface area contributed by atoms with E-state index in [2.05, 4.69) is 20.8 Å². The van der Waals surface area contributed by atoms with Crippen molar-refractivity contribution in [3.8, 4) is 0 Å². The van der Waals surface area contributed by atoms with Crippen molar-refractivity contribution in [1.29, 1.82) is 0 Å². The molecule has 0 aromatic rings. The lowest BCUT2D eigenvalue weighted by molar-refractivity contribution is -0.137. The van der Waals surface area contributed by atoms with E-state index >= 15 is 0 Å². The average Bonchev–Trinajstić information content (AvgIpc) is 2.14. The van der Waals surface area contributed by atoms with Crippen LogP contribution >= 0.6 is 0 Å². The smallest absolute Gasteiger partial charge is 0.303 e. The number of hydrogen-bond donors (Lipinski definition) is 2. The van der Waals surface area contributed by atoms with Crippen LogP contribution in [0.3, 0.4) is 0 Å². The van der Waals surface area contributed by atoms with Crippen molar-refractivity contribution in [2.45, 2.75) is 66.4 Å². The van der Waals surface area contributed by atoms with Crippen molar-refractivity contribution in [3.63, 3.8) is 0 Å². The van der Waals surface area contributed by atoms with Gasteiger partial charge < -0.3 is 10.2 Å². The summed E-state index contributed by atoms with van der Waals surface area (Å²) in [7, 11) is 0. The molecule has 0 saturated heterocycles. The van der Waals surface area contributed by atoms with E-state index < -0.39 is 5.97 Å². The lowest BCUT2D eigenvalue weighted by Crippen LogP contribution is -2.31. The summed E-state index contributed by atoms with van der Waals surface area (Å²) >= 11 is 0. The lowest BCUT2D eigenvalue weighted by atomic mass is 9.75. The number of rotatable bonds is 3. The lowest BCUT2D eigenvalue weighted by Gasteiger charge is -2.33. The topological polar surface area (TPSA) is 57.5 Å². The van der Waals surface area contributed by atoms with Gasteiger partial charge in [-0.3, -0.25) is 4.79 Å². The molecule has 0 spiro atoms. The first-order chi connectivity index (χ1) is 8.23. The third-order valence-corrected chi connectivity index (χ3v) is 3.57. The Hall–Kier alpha value is -0.570. The van der Waals surface area contributed by atoms with E-state index in [1.54, 1.807) is 0 Å². The van der Waals surface area contributed by atoms with Gasteiger partial charge in [-0.05, 0) is 36.5 Å². The first-order valence-corrected chi connectivity index (χ1v) is 7.13. The van der Waals surface area contributed by atoms with Gasteiger partial charge in [-0.25, -0.2) is 0 Å². The van der Waals surface area contributed by atoms with Gasteiger partial charge in [-0.15, -0.1) is 0 Å². The quantitative estimate of drug-likeness (QED) is 0.813. The fourth-order valence-corrected chi connectivity index (χ4v) is 2.50. The van der Waals surface area contributed by atoms with E-state index in [1.807, 2.05) is 13.8 Å². The van der Waals surface area contributed by atoms with E-state index in [0.717, 1.165) is 12.3 Å². The van der Waals surface area contributed by atoms with Crippen molar-refractivity contribution in [2.24, 2.45) is 23.7 Å². The zero-order valence-electron chi connectivity index (χ0n) is 12.5. The van der Waals surface area contributed by atoms with Gasteiger partial charge in [-0.1, -0.05) is 41.0 Å². The highest BCUT2D eigenvalue weighted by Crippen LogP contribution is 2.33. The molecule has 3 atom stereocenters. The molecule has 0 aliphatic heterocycles. The fourth-order valence-electron chi connectivity index (χ4n) is 2.50. The molecule has 2 N–H and O–H groups in total. The van der Waals surface area contributed by atoms with Crippen LogP contribution in [0.25, 0.3) is 0 Å². The highest BCUT2D eigenvalue weighted by Gasteiger charge is 2.28. The number of carboxylic acids is 1. The SMILES string of the molecule is CC(C)CC(=O)O.CC1CCC(C(C)C)C(O)C1. The molecule has 1 aliphatic rings. The number of carboxylic acid groups (broad SMARTS) is 1. The maximum Gasteiger partial charge on any atom is 0.303 e. The predicted octanol–water partition coefficient (Wildman–Crippen LogP) is 3.56. The molecule has 1 saturated carbocycles. The Labute approximate surface area is 112 Å². The maximum absolute atomic E-state index is 9.81. The van der Waals surface area contributed by atoms with E-state index in [4.69, 9.17) is 5.11 Å². The molecule has 3 nitrogen and oxygen atoms in total. The molecule has 0 radical (unpaired) electrons. The van der Waals surface area contributed by atoms with E-state index in [1.165, 1.54) is 12.8 Å². The molecule has 1 aliphatic carbocycles. The Morgan fingerprint density at radius 3 is 2.06 bits per heavy atom. The van der Waals surface area contributed by atoms with E-state index in [-0.39, 0.29) is 18.4 Å². The minimum absolute atomic E-state index is 0.0289. The van der Waals surface area contributed by atoms with Crippen LogP contribution in [-0.4, -0.2) is 22.3 Å². The molecule has 0 aromatic heterocycles. The number of carbonyl (C=O) groups is 1. The van der Waals surface area contributed by atoms with Gasteiger partial charge in [-0.2, -0.15) is 0 Å². The van der Waals surface area contributed by atoms with Crippen molar-refractivity contribution in [1.82, 2.24) is 0 Å². The summed E-state index contributed by atoms with van der Waals surface area (Å²) in [5.41, 5.74) is 0. The largest absolute Gasteiger partial charge is 0.481 e. The van der Waals surface area contributed by atoms with Crippen molar-refractivity contribution in [2.75, 3.05) is 0 Å². The van der Waals surface area contributed by atoms with Crippen LogP contribution < -0.4 is 0 Å². The predicted molar refractivity (Wildman–Crippen MR) is 74.4 cm³/mol. The highest BCUT2D eigenvalue weighted by molar-refractivity contribution is 5.66. The molecule has 0 heterocycles. The number of aliphatic hydroxyl groups is 1. The first kappa shape index (κ1) is 17.4. The van der Waals surface area contributed by atoms with Crippen molar-refractivity contribution >= 4 is 5.97 Å². The molecule has 0 amide bonds. The molecular formula is C15H30O3. The van der Waals surface area contributed by atoms with Gasteiger partial charge in [0.2, 0.25) is 0 Å². The zero-order chi connectivity index (χ0) is 14.3. The summed E-state index contributed by atoms with van der Waals surface area (Å²) < 4.78 is 0. The van der Waals surface area contributed by atoms with Gasteiger partial charge in [0.25, 0.3) is 0 Å². The summed E-state index contributed by atoms with van der Waals surface area (Å²) in [4.78, 5) is 9.81. The molecule has 1 fully saturated rings. The number of aliphatic carboxylic acids is 1. The molecule has 1 rings (SSSR count). The van der Waals surface area contributed by atoms with Crippen molar-refractivity contribution in [3.05, 3.63) is 0 Å². The molecule has 0 bridgehead atoms. The van der Waals surface area contributed by atoms with Crippen LogP contribution in [0.5, 0.6) is 0 Å². The van der Waals surface area contributed by atoms with Crippen LogP contribution in [0, 0.1) is 23.7 Å². The third kappa shape index (κ3) is 7.70. The van der Waals surface area contributed by atoms with E-state index in [0.29, 0.717) is 11.8 Å². The molecule has 3 heteroatoms. The fraction of sp³-hybridized carbons (Fsp3) is 0.933. The monoisotopic (exact) mass is 258 g/mol. The minimum Gasteiger partial charge on any atom is -0.481 e. The first-order valence-electron chi connectivity index (χ1n) is 7.13. The maximum atomic E-state index is 9.81. The van der Waals surface area contributed by atoms with Gasteiger partial charge in [0.1, 0.15) is 0 Å². The van der Waals surface area contributed by atoms with Gasteiger partial charge in [0, 0.05) is 6.42 Å². The Balaban J connectivity index is 0.000000360. The average molecular weight is 258 g/mol.